The van der Waals surface area contributed by atoms with Gasteiger partial charge in [-0.15, -0.1) is 45.3 Å². The van der Waals surface area contributed by atoms with Gasteiger partial charge in [-0.1, -0.05) is 226 Å². The van der Waals surface area contributed by atoms with Crippen molar-refractivity contribution < 1.29 is 28.0 Å². The molecular formula is C92H123N3O6S4Si. The monoisotopic (exact) mass is 1520 g/mol. The minimum atomic E-state index is -3.39. The van der Waals surface area contributed by atoms with E-state index in [1.807, 2.05) is 60.9 Å². The van der Waals surface area contributed by atoms with Gasteiger partial charge in [0.05, 0.1) is 6.17 Å². The quantitative estimate of drug-likeness (QED) is 0.0175. The summed E-state index contributed by atoms with van der Waals surface area (Å²) >= 11 is 7.69. The van der Waals surface area contributed by atoms with Crippen LogP contribution in [0.2, 0.25) is 0 Å². The number of carboxylic acids is 1. The number of fused-ring (bicyclic) bond motifs is 3. The molecule has 0 radical (unpaired) electrons. The van der Waals surface area contributed by atoms with Gasteiger partial charge < -0.3 is 27.9 Å². The molecule has 5 heterocycles. The molecule has 14 heteroatoms. The van der Waals surface area contributed by atoms with Crippen molar-refractivity contribution in [3.63, 3.8) is 0 Å². The fourth-order valence-electron chi connectivity index (χ4n) is 14.7. The lowest BCUT2D eigenvalue weighted by atomic mass is 9.79. The van der Waals surface area contributed by atoms with E-state index in [0.29, 0.717) is 39.2 Å². The highest BCUT2D eigenvalue weighted by atomic mass is 32.1. The van der Waals surface area contributed by atoms with Gasteiger partial charge in [0, 0.05) is 100 Å². The van der Waals surface area contributed by atoms with Crippen LogP contribution in [0.25, 0.3) is 78.7 Å². The van der Waals surface area contributed by atoms with Gasteiger partial charge in [0.25, 0.3) is 5.91 Å². The average Bonchev–Trinajstić information content (AvgIpc) is 1.58. The van der Waals surface area contributed by atoms with Crippen LogP contribution in [0, 0.1) is 11.3 Å². The number of aromatic nitrogens is 1. The zero-order valence-corrected chi connectivity index (χ0v) is 70.8. The number of carboxylic acid groups (broad SMARTS) is 1. The average molecular weight is 1520 g/mol. The van der Waals surface area contributed by atoms with Gasteiger partial charge >= 0.3 is 14.8 Å². The number of hydrogen-bond acceptors (Lipinski definition) is 10. The minimum Gasteiger partial charge on any atom is -0.481 e. The lowest BCUT2D eigenvalue weighted by Gasteiger charge is -2.33. The number of thiophene rings is 4. The SMILES string of the molecule is CCCCCCc1cc(-c2sc(-c3sc(-c4sc(-c5ccc6c(c5)c5cc(-c7cc(C(C)(C)C)cc(C(C)(C)C)c7)ccc5n6Cc5ccccc5)cc4CCCCCC)cc3CCCCCC)cc2CCCCCC)sc1/C=C(\C#N)C(=O)N(CCCCCCCC(=O)O)C[Si](OCC)(OCC)OCC. The molecule has 0 saturated heterocycles. The molecule has 0 aliphatic heterocycles. The maximum atomic E-state index is 15.2. The van der Waals surface area contributed by atoms with Crippen LogP contribution < -0.4 is 0 Å². The number of nitrogens with zero attached hydrogens (tertiary/aromatic N) is 3. The molecule has 9 nitrogen and oxygen atoms in total. The summed E-state index contributed by atoms with van der Waals surface area (Å²) in [6, 6.07) is 45.3. The fourth-order valence-corrected chi connectivity index (χ4v) is 22.5. The number of aryl methyl sites for hydroxylation is 4. The van der Waals surface area contributed by atoms with E-state index < -0.39 is 14.8 Å². The first-order chi connectivity index (χ1) is 51.2. The molecule has 9 aromatic rings. The number of carbonyl (C=O) groups excluding carboxylic acids is 1. The third kappa shape index (κ3) is 22.7. The van der Waals surface area contributed by atoms with E-state index >= 15 is 4.79 Å². The van der Waals surface area contributed by atoms with Crippen molar-refractivity contribution in [2.45, 2.75) is 274 Å². The number of benzene rings is 4. The molecule has 9 rings (SSSR count). The summed E-state index contributed by atoms with van der Waals surface area (Å²) in [7, 11) is -3.39. The molecule has 0 bridgehead atoms. The van der Waals surface area contributed by atoms with Crippen LogP contribution in [0.1, 0.15) is 275 Å². The Morgan fingerprint density at radius 3 is 1.41 bits per heavy atom. The number of unbranched alkanes of at least 4 members (excludes halogenated alkanes) is 16. The number of hydrogen-bond donors (Lipinski definition) is 1. The number of amides is 1. The molecule has 1 N–H and O–H groups in total. The molecule has 4 aromatic carbocycles. The Morgan fingerprint density at radius 1 is 0.491 bits per heavy atom. The van der Waals surface area contributed by atoms with Crippen molar-refractivity contribution >= 4 is 93.9 Å². The summed E-state index contributed by atoms with van der Waals surface area (Å²) < 4.78 is 21.6. The Labute approximate surface area is 654 Å². The Morgan fingerprint density at radius 2 is 0.925 bits per heavy atom. The second kappa shape index (κ2) is 41.0. The Balaban J connectivity index is 1.15. The van der Waals surface area contributed by atoms with Crippen LogP contribution >= 0.6 is 45.3 Å². The highest BCUT2D eigenvalue weighted by Crippen LogP contribution is 2.51. The van der Waals surface area contributed by atoms with Crippen LogP contribution in [0.3, 0.4) is 0 Å². The van der Waals surface area contributed by atoms with Gasteiger partial charge in [0.15, 0.2) is 0 Å². The lowest BCUT2D eigenvalue weighted by Crippen LogP contribution is -2.57. The molecule has 0 spiro atoms. The summed E-state index contributed by atoms with van der Waals surface area (Å²) in [5.41, 5.74) is 15.9. The molecule has 0 saturated carbocycles. The number of aliphatic carboxylic acids is 1. The van der Waals surface area contributed by atoms with Crippen LogP contribution in [-0.4, -0.2) is 67.8 Å². The summed E-state index contributed by atoms with van der Waals surface area (Å²) in [6.07, 6.45) is 28.6. The molecule has 0 unspecified atom stereocenters. The van der Waals surface area contributed by atoms with Crippen molar-refractivity contribution in [2.24, 2.45) is 0 Å². The third-order valence-corrected chi connectivity index (χ3v) is 28.9. The van der Waals surface area contributed by atoms with Crippen LogP contribution in [-0.2, 0) is 65.9 Å². The summed E-state index contributed by atoms with van der Waals surface area (Å²) in [5.74, 6) is -1.13. The second-order valence-corrected chi connectivity index (χ2v) is 38.1. The van der Waals surface area contributed by atoms with E-state index in [-0.39, 0.29) is 34.9 Å². The van der Waals surface area contributed by atoms with Crippen molar-refractivity contribution in [1.82, 2.24) is 9.47 Å². The fraction of sp³-hybridized carbons (Fsp3) is 0.511. The zero-order chi connectivity index (χ0) is 75.8. The maximum absolute atomic E-state index is 15.2. The zero-order valence-electron chi connectivity index (χ0n) is 66.6. The Bertz CT molecular complexity index is 4300. The molecule has 0 fully saturated rings. The van der Waals surface area contributed by atoms with Gasteiger partial charge in [0.1, 0.15) is 11.6 Å². The minimum absolute atomic E-state index is 0.00161. The second-order valence-electron chi connectivity index (χ2n) is 31.3. The first kappa shape index (κ1) is 83.8. The third-order valence-electron chi connectivity index (χ3n) is 20.7. The summed E-state index contributed by atoms with van der Waals surface area (Å²) in [6.45, 7) is 31.2. The predicted molar refractivity (Wildman–Crippen MR) is 459 cm³/mol. The van der Waals surface area contributed by atoms with E-state index in [4.69, 9.17) is 13.3 Å². The van der Waals surface area contributed by atoms with Gasteiger partial charge in [0.2, 0.25) is 0 Å². The smallest absolute Gasteiger partial charge is 0.481 e. The van der Waals surface area contributed by atoms with Crippen molar-refractivity contribution in [3.05, 3.63) is 159 Å². The van der Waals surface area contributed by atoms with Crippen molar-refractivity contribution in [1.29, 1.82) is 5.26 Å². The number of carbonyl (C=O) groups is 2. The molecule has 0 atom stereocenters. The van der Waals surface area contributed by atoms with Gasteiger partial charge in [-0.3, -0.25) is 9.59 Å². The lowest BCUT2D eigenvalue weighted by molar-refractivity contribution is -0.137. The maximum Gasteiger partial charge on any atom is 0.521 e. The number of nitriles is 1. The first-order valence-electron chi connectivity index (χ1n) is 40.5. The molecule has 1 amide bonds. The Hall–Kier alpha value is -6.25. The highest BCUT2D eigenvalue weighted by molar-refractivity contribution is 7.29. The van der Waals surface area contributed by atoms with Gasteiger partial charge in [-0.25, -0.2) is 0 Å². The van der Waals surface area contributed by atoms with E-state index in [0.717, 1.165) is 101 Å². The van der Waals surface area contributed by atoms with Crippen molar-refractivity contribution in [3.8, 4) is 56.9 Å². The molecular weight excluding hydrogens is 1400 g/mol. The molecule has 570 valence electrons. The van der Waals surface area contributed by atoms with Crippen LogP contribution in [0.4, 0.5) is 0 Å². The molecule has 0 aliphatic rings. The topological polar surface area (TPSA) is 114 Å². The summed E-state index contributed by atoms with van der Waals surface area (Å²) in [4.78, 5) is 38.5. The largest absolute Gasteiger partial charge is 0.521 e. The van der Waals surface area contributed by atoms with E-state index in [9.17, 15) is 15.2 Å². The predicted octanol–water partition coefficient (Wildman–Crippen LogP) is 27.3. The first-order valence-corrected chi connectivity index (χ1v) is 45.7. The number of rotatable bonds is 45. The normalized spacial score (nSPS) is 12.4. The van der Waals surface area contributed by atoms with E-state index in [1.54, 1.807) is 16.2 Å². The van der Waals surface area contributed by atoms with Crippen molar-refractivity contribution in [2.75, 3.05) is 32.5 Å². The molecule has 0 aliphatic carbocycles. The Kier molecular flexibility index (Phi) is 32.4. The summed E-state index contributed by atoms with van der Waals surface area (Å²) in [5, 5.41) is 23.0. The van der Waals surface area contributed by atoms with Crippen LogP contribution in [0.5, 0.6) is 0 Å². The van der Waals surface area contributed by atoms with Gasteiger partial charge in [-0.05, 0) is 206 Å². The molecule has 5 aromatic heterocycles. The molecule has 106 heavy (non-hydrogen) atoms. The van der Waals surface area contributed by atoms with E-state index in [1.165, 1.54) is 169 Å². The highest BCUT2D eigenvalue weighted by Gasteiger charge is 2.44. The van der Waals surface area contributed by atoms with Gasteiger partial charge in [-0.2, -0.15) is 5.26 Å². The standard InChI is InChI=1S/C92H123N3O6S4Si/c1-14-21-25-35-43-68-57-83(102-81(68)61-74(63-93)90(98)94(52-40-31-29-30-39-47-86(96)97)65-106(99-18-5,100-19-6)101-20-7)87-71(45-37-27-23-16-3)59-85(104-87)89-72(46-38-28-24-17-4)60-84(105-89)88-70(44-36-26-22-15-2)58-82(103-88)69-49-51-80-78(56-69)77-55-67(48-50-79(77)95(80)64-66-41-33-32-34-42-66)73-53-75(91(8,9)10)62-76(54-73)92(11,12)13/h32-34,41-42,48-51,53-62H,14-31,35-40,43-47,52,64-65H2,1-13H3,(H,96,97)/b74-61+. The van der Waals surface area contributed by atoms with E-state index in [2.05, 4.69) is 189 Å². The van der Waals surface area contributed by atoms with Crippen LogP contribution in [0.15, 0.2) is 115 Å².